The number of fused-ring (bicyclic) bond motifs is 1. The Morgan fingerprint density at radius 1 is 1.17 bits per heavy atom. The lowest BCUT2D eigenvalue weighted by atomic mass is 10.2. The van der Waals surface area contributed by atoms with E-state index in [2.05, 4.69) is 20.9 Å². The Kier molecular flexibility index (Phi) is 1.81. The first kappa shape index (κ1) is 7.68. The minimum atomic E-state index is -0.444. The summed E-state index contributed by atoms with van der Waals surface area (Å²) < 4.78 is 13.6. The Balaban J connectivity index is 2.86. The van der Waals surface area contributed by atoms with Crippen molar-refractivity contribution < 1.29 is 4.39 Å². The van der Waals surface area contributed by atoms with Crippen molar-refractivity contribution in [1.29, 1.82) is 0 Å². The van der Waals surface area contributed by atoms with Gasteiger partial charge in [-0.1, -0.05) is 22.0 Å². The van der Waals surface area contributed by atoms with Crippen LogP contribution in [0.4, 0.5) is 4.39 Å². The predicted octanol–water partition coefficient (Wildman–Crippen LogP) is 3.14. The Bertz CT molecular complexity index is 428. The largest absolute Gasteiger partial charge is 0.220 e. The Labute approximate surface area is 77.4 Å². The highest BCUT2D eigenvalue weighted by Gasteiger charge is 1.99. The number of benzene rings is 1. The van der Waals surface area contributed by atoms with Gasteiger partial charge in [-0.25, -0.2) is 4.98 Å². The normalized spacial score (nSPS) is 10.5. The molecule has 1 heterocycles. The minimum Gasteiger partial charge on any atom is -0.220 e. The summed E-state index contributed by atoms with van der Waals surface area (Å²) in [7, 11) is 0. The van der Waals surface area contributed by atoms with Gasteiger partial charge in [0.15, 0.2) is 0 Å². The quantitative estimate of drug-likeness (QED) is 0.629. The molecule has 1 aromatic carbocycles. The molecule has 2 aromatic rings. The van der Waals surface area contributed by atoms with Crippen LogP contribution >= 0.6 is 15.9 Å². The maximum atomic E-state index is 12.6. The van der Waals surface area contributed by atoms with Gasteiger partial charge in [-0.2, -0.15) is 4.39 Å². The molecule has 60 valence electrons. The van der Waals surface area contributed by atoms with Crippen molar-refractivity contribution in [2.24, 2.45) is 0 Å². The number of rotatable bonds is 0. The van der Waals surface area contributed by atoms with E-state index in [0.29, 0.717) is 5.52 Å². The van der Waals surface area contributed by atoms with Crippen molar-refractivity contribution in [3.63, 3.8) is 0 Å². The molecule has 0 atom stereocenters. The summed E-state index contributed by atoms with van der Waals surface area (Å²) in [5, 5.41) is 0.930. The molecule has 0 radical (unpaired) electrons. The molecule has 0 aliphatic carbocycles. The van der Waals surface area contributed by atoms with Crippen LogP contribution in [0.3, 0.4) is 0 Å². The van der Waals surface area contributed by atoms with Crippen molar-refractivity contribution >= 4 is 26.8 Å². The van der Waals surface area contributed by atoms with Crippen LogP contribution in [-0.4, -0.2) is 4.98 Å². The molecular weight excluding hydrogens is 221 g/mol. The second-order valence-corrected chi connectivity index (χ2v) is 3.29. The summed E-state index contributed by atoms with van der Waals surface area (Å²) in [6, 6.07) is 8.58. The highest BCUT2D eigenvalue weighted by atomic mass is 79.9. The number of nitrogens with zero attached hydrogens (tertiary/aromatic N) is 1. The lowest BCUT2D eigenvalue weighted by Crippen LogP contribution is -1.83. The van der Waals surface area contributed by atoms with Crippen LogP contribution in [0.15, 0.2) is 34.8 Å². The molecule has 0 amide bonds. The van der Waals surface area contributed by atoms with E-state index in [1.807, 2.05) is 12.1 Å². The molecule has 12 heavy (non-hydrogen) atoms. The molecule has 0 saturated heterocycles. The highest BCUT2D eigenvalue weighted by Crippen LogP contribution is 2.21. The Morgan fingerprint density at radius 2 is 2.00 bits per heavy atom. The third kappa shape index (κ3) is 1.20. The smallest absolute Gasteiger partial charge is 0.213 e. The molecular formula is C9H5BrFN. The maximum absolute atomic E-state index is 12.6. The summed E-state index contributed by atoms with van der Waals surface area (Å²) in [6.07, 6.45) is 0. The zero-order chi connectivity index (χ0) is 8.55. The second-order valence-electron chi connectivity index (χ2n) is 2.44. The van der Waals surface area contributed by atoms with Crippen molar-refractivity contribution in [2.45, 2.75) is 0 Å². The average Bonchev–Trinajstić information content (AvgIpc) is 2.04. The van der Waals surface area contributed by atoms with E-state index in [-0.39, 0.29) is 0 Å². The molecule has 0 aliphatic heterocycles. The first-order chi connectivity index (χ1) is 5.77. The number of aromatic nitrogens is 1. The van der Waals surface area contributed by atoms with Gasteiger partial charge in [0.2, 0.25) is 5.95 Å². The highest BCUT2D eigenvalue weighted by molar-refractivity contribution is 9.10. The monoisotopic (exact) mass is 225 g/mol. The molecule has 1 nitrogen and oxygen atoms in total. The second kappa shape index (κ2) is 2.83. The zero-order valence-corrected chi connectivity index (χ0v) is 7.68. The van der Waals surface area contributed by atoms with Gasteiger partial charge in [0.1, 0.15) is 0 Å². The lowest BCUT2D eigenvalue weighted by Gasteiger charge is -1.97. The lowest BCUT2D eigenvalue weighted by molar-refractivity contribution is 0.589. The topological polar surface area (TPSA) is 12.9 Å². The first-order valence-electron chi connectivity index (χ1n) is 3.48. The fraction of sp³-hybridized carbons (Fsp3) is 0. The molecule has 0 N–H and O–H groups in total. The first-order valence-corrected chi connectivity index (χ1v) is 4.27. The zero-order valence-electron chi connectivity index (χ0n) is 6.09. The van der Waals surface area contributed by atoms with Gasteiger partial charge in [-0.3, -0.25) is 0 Å². The molecule has 0 aliphatic rings. The summed E-state index contributed by atoms with van der Waals surface area (Å²) in [6.45, 7) is 0. The molecule has 3 heteroatoms. The summed E-state index contributed by atoms with van der Waals surface area (Å²) in [5.41, 5.74) is 0.671. The third-order valence-electron chi connectivity index (χ3n) is 1.64. The number of hydrogen-bond acceptors (Lipinski definition) is 1. The van der Waals surface area contributed by atoms with Crippen molar-refractivity contribution in [3.05, 3.63) is 40.8 Å². The van der Waals surface area contributed by atoms with E-state index in [1.54, 1.807) is 12.1 Å². The van der Waals surface area contributed by atoms with E-state index in [4.69, 9.17) is 0 Å². The van der Waals surface area contributed by atoms with Crippen LogP contribution in [0.5, 0.6) is 0 Å². The van der Waals surface area contributed by atoms with Gasteiger partial charge in [0.05, 0.1) is 5.52 Å². The van der Waals surface area contributed by atoms with E-state index in [9.17, 15) is 4.39 Å². The van der Waals surface area contributed by atoms with Gasteiger partial charge < -0.3 is 0 Å². The van der Waals surface area contributed by atoms with Crippen molar-refractivity contribution in [2.75, 3.05) is 0 Å². The SMILES string of the molecule is Fc1ccc2c(Br)cccc2n1. The molecule has 0 bridgehead atoms. The molecule has 2 rings (SSSR count). The van der Waals surface area contributed by atoms with Crippen molar-refractivity contribution in [3.8, 4) is 0 Å². The van der Waals surface area contributed by atoms with Gasteiger partial charge >= 0.3 is 0 Å². The van der Waals surface area contributed by atoms with Crippen LogP contribution in [0, 0.1) is 5.95 Å². The maximum Gasteiger partial charge on any atom is 0.213 e. The molecule has 1 aromatic heterocycles. The third-order valence-corrected chi connectivity index (χ3v) is 2.34. The number of pyridine rings is 1. The van der Waals surface area contributed by atoms with Crippen LogP contribution < -0.4 is 0 Å². The Morgan fingerprint density at radius 3 is 2.83 bits per heavy atom. The standard InChI is InChI=1S/C9H5BrFN/c10-7-2-1-3-8-6(7)4-5-9(11)12-8/h1-5H. The Hall–Kier alpha value is -0.960. The van der Waals surface area contributed by atoms with E-state index < -0.39 is 5.95 Å². The fourth-order valence-corrected chi connectivity index (χ4v) is 1.58. The van der Waals surface area contributed by atoms with Gasteiger partial charge in [0.25, 0.3) is 0 Å². The van der Waals surface area contributed by atoms with Gasteiger partial charge in [-0.15, -0.1) is 0 Å². The minimum absolute atomic E-state index is 0.444. The molecule has 0 unspecified atom stereocenters. The van der Waals surface area contributed by atoms with Gasteiger partial charge in [0, 0.05) is 9.86 Å². The van der Waals surface area contributed by atoms with Crippen LogP contribution in [0.25, 0.3) is 10.9 Å². The molecule has 0 fully saturated rings. The van der Waals surface area contributed by atoms with Gasteiger partial charge in [-0.05, 0) is 24.3 Å². The van der Waals surface area contributed by atoms with Crippen molar-refractivity contribution in [1.82, 2.24) is 4.98 Å². The van der Waals surface area contributed by atoms with E-state index in [0.717, 1.165) is 9.86 Å². The van der Waals surface area contributed by atoms with Crippen LogP contribution in [-0.2, 0) is 0 Å². The summed E-state index contributed by atoms with van der Waals surface area (Å²) >= 11 is 3.36. The average molecular weight is 226 g/mol. The summed E-state index contributed by atoms with van der Waals surface area (Å²) in [4.78, 5) is 3.74. The van der Waals surface area contributed by atoms with E-state index in [1.165, 1.54) is 6.07 Å². The number of halogens is 2. The van der Waals surface area contributed by atoms with Crippen LogP contribution in [0.2, 0.25) is 0 Å². The predicted molar refractivity (Wildman–Crippen MR) is 49.4 cm³/mol. The number of hydrogen-bond donors (Lipinski definition) is 0. The van der Waals surface area contributed by atoms with Crippen LogP contribution in [0.1, 0.15) is 0 Å². The molecule has 0 saturated carbocycles. The van der Waals surface area contributed by atoms with E-state index >= 15 is 0 Å². The molecule has 0 spiro atoms. The fourth-order valence-electron chi connectivity index (χ4n) is 1.09. The summed E-state index contributed by atoms with van der Waals surface area (Å²) in [5.74, 6) is -0.444.